The number of imidazole rings is 1. The molecule has 2 aromatic rings. The highest BCUT2D eigenvalue weighted by Crippen LogP contribution is 2.10. The topological polar surface area (TPSA) is 42.7 Å². The Hall–Kier alpha value is -1.68. The summed E-state index contributed by atoms with van der Waals surface area (Å²) in [6.07, 6.45) is 5.56. The third-order valence-corrected chi connectivity index (χ3v) is 2.71. The van der Waals surface area contributed by atoms with Gasteiger partial charge >= 0.3 is 0 Å². The lowest BCUT2D eigenvalue weighted by molar-refractivity contribution is 0.424. The highest BCUT2D eigenvalue weighted by Gasteiger charge is 2.09. The van der Waals surface area contributed by atoms with Crippen molar-refractivity contribution in [3.8, 4) is 5.82 Å². The van der Waals surface area contributed by atoms with Gasteiger partial charge < -0.3 is 5.32 Å². The molecule has 4 nitrogen and oxygen atoms in total. The van der Waals surface area contributed by atoms with E-state index < -0.39 is 0 Å². The summed E-state index contributed by atoms with van der Waals surface area (Å²) in [6, 6.07) is 4.13. The predicted molar refractivity (Wildman–Crippen MR) is 72.7 cm³/mol. The van der Waals surface area contributed by atoms with Crippen molar-refractivity contribution >= 4 is 0 Å². The van der Waals surface area contributed by atoms with Gasteiger partial charge in [-0.1, -0.05) is 0 Å². The zero-order valence-corrected chi connectivity index (χ0v) is 11.4. The summed E-state index contributed by atoms with van der Waals surface area (Å²) < 4.78 is 1.99. The van der Waals surface area contributed by atoms with Crippen molar-refractivity contribution in [2.45, 2.75) is 39.8 Å². The third-order valence-electron chi connectivity index (χ3n) is 2.71. The molecule has 1 N–H and O–H groups in total. The van der Waals surface area contributed by atoms with Crippen LogP contribution in [0.5, 0.6) is 0 Å². The largest absolute Gasteiger partial charge is 0.308 e. The van der Waals surface area contributed by atoms with Gasteiger partial charge in [0.1, 0.15) is 11.6 Å². The molecule has 0 fully saturated rings. The highest BCUT2D eigenvalue weighted by molar-refractivity contribution is 5.29. The van der Waals surface area contributed by atoms with Crippen LogP contribution in [0.25, 0.3) is 5.82 Å². The van der Waals surface area contributed by atoms with Crippen LogP contribution in [0.3, 0.4) is 0 Å². The van der Waals surface area contributed by atoms with Gasteiger partial charge in [-0.3, -0.25) is 4.57 Å². The Labute approximate surface area is 108 Å². The lowest BCUT2D eigenvalue weighted by atomic mass is 10.1. The Morgan fingerprint density at radius 2 is 2.00 bits per heavy atom. The fraction of sp³-hybridized carbons (Fsp3) is 0.429. The Morgan fingerprint density at radius 3 is 2.61 bits per heavy atom. The fourth-order valence-corrected chi connectivity index (χ4v) is 1.69. The first-order valence-electron chi connectivity index (χ1n) is 6.16. The summed E-state index contributed by atoms with van der Waals surface area (Å²) >= 11 is 0. The molecule has 2 heterocycles. The van der Waals surface area contributed by atoms with Gasteiger partial charge in [0.15, 0.2) is 0 Å². The summed E-state index contributed by atoms with van der Waals surface area (Å²) in [4.78, 5) is 8.60. The minimum absolute atomic E-state index is 0.119. The summed E-state index contributed by atoms with van der Waals surface area (Å²) in [5.74, 6) is 1.86. The van der Waals surface area contributed by atoms with Gasteiger partial charge in [-0.25, -0.2) is 9.97 Å². The van der Waals surface area contributed by atoms with E-state index in [9.17, 15) is 0 Å². The molecule has 0 radical (unpaired) electrons. The minimum atomic E-state index is 0.119. The molecule has 4 heteroatoms. The first kappa shape index (κ1) is 12.8. The molecule has 0 saturated carbocycles. The van der Waals surface area contributed by atoms with E-state index in [1.165, 1.54) is 5.56 Å². The van der Waals surface area contributed by atoms with Crippen LogP contribution in [-0.4, -0.2) is 20.1 Å². The van der Waals surface area contributed by atoms with Crippen LogP contribution in [0, 0.1) is 6.92 Å². The highest BCUT2D eigenvalue weighted by atomic mass is 15.1. The quantitative estimate of drug-likeness (QED) is 0.902. The molecule has 0 unspecified atom stereocenters. The van der Waals surface area contributed by atoms with E-state index in [-0.39, 0.29) is 5.54 Å². The maximum Gasteiger partial charge on any atom is 0.138 e. The number of rotatable bonds is 3. The second-order valence-electron chi connectivity index (χ2n) is 5.47. The van der Waals surface area contributed by atoms with Gasteiger partial charge in [0.25, 0.3) is 0 Å². The van der Waals surface area contributed by atoms with Gasteiger partial charge in [0.2, 0.25) is 0 Å². The van der Waals surface area contributed by atoms with Crippen LogP contribution in [-0.2, 0) is 6.54 Å². The van der Waals surface area contributed by atoms with Crippen molar-refractivity contribution in [2.24, 2.45) is 0 Å². The zero-order chi connectivity index (χ0) is 13.2. The molecular weight excluding hydrogens is 224 g/mol. The summed E-state index contributed by atoms with van der Waals surface area (Å²) in [5.41, 5.74) is 1.34. The third kappa shape index (κ3) is 3.17. The molecule has 2 rings (SSSR count). The van der Waals surface area contributed by atoms with Crippen molar-refractivity contribution in [3.05, 3.63) is 42.1 Å². The van der Waals surface area contributed by atoms with Gasteiger partial charge in [-0.2, -0.15) is 0 Å². The van der Waals surface area contributed by atoms with Crippen LogP contribution >= 0.6 is 0 Å². The standard InChI is InChI=1S/C14H20N4/c1-11-15-7-8-18(11)13-9-12(5-6-16-13)10-17-14(2,3)4/h5-9,17H,10H2,1-4H3. The molecule has 0 spiro atoms. The lowest BCUT2D eigenvalue weighted by Crippen LogP contribution is -2.35. The van der Waals surface area contributed by atoms with Crippen molar-refractivity contribution in [3.63, 3.8) is 0 Å². The normalized spacial score (nSPS) is 11.8. The monoisotopic (exact) mass is 244 g/mol. The first-order chi connectivity index (χ1) is 8.46. The Balaban J connectivity index is 2.18. The number of pyridine rings is 1. The van der Waals surface area contributed by atoms with E-state index in [0.29, 0.717) is 0 Å². The lowest BCUT2D eigenvalue weighted by Gasteiger charge is -2.20. The minimum Gasteiger partial charge on any atom is -0.308 e. The molecular formula is C14H20N4. The van der Waals surface area contributed by atoms with E-state index in [0.717, 1.165) is 18.2 Å². The van der Waals surface area contributed by atoms with Crippen LogP contribution < -0.4 is 5.32 Å². The molecule has 0 aromatic carbocycles. The predicted octanol–water partition coefficient (Wildman–Crippen LogP) is 2.46. The Morgan fingerprint density at radius 1 is 1.22 bits per heavy atom. The van der Waals surface area contributed by atoms with E-state index in [1.54, 1.807) is 6.20 Å². The van der Waals surface area contributed by atoms with Crippen molar-refractivity contribution in [1.82, 2.24) is 19.9 Å². The van der Waals surface area contributed by atoms with Crippen LogP contribution in [0.1, 0.15) is 32.2 Å². The van der Waals surface area contributed by atoms with Crippen molar-refractivity contribution in [1.29, 1.82) is 0 Å². The smallest absolute Gasteiger partial charge is 0.138 e. The number of aromatic nitrogens is 3. The maximum atomic E-state index is 4.38. The summed E-state index contributed by atoms with van der Waals surface area (Å²) in [5, 5.41) is 3.47. The first-order valence-corrected chi connectivity index (χ1v) is 6.16. The van der Waals surface area contributed by atoms with E-state index in [1.807, 2.05) is 30.0 Å². The number of aryl methyl sites for hydroxylation is 1. The molecule has 0 amide bonds. The number of nitrogens with one attached hydrogen (secondary N) is 1. The number of hydrogen-bond acceptors (Lipinski definition) is 3. The SMILES string of the molecule is Cc1nccn1-c1cc(CNC(C)(C)C)ccn1. The molecule has 0 aliphatic heterocycles. The molecule has 0 saturated heterocycles. The average molecular weight is 244 g/mol. The average Bonchev–Trinajstić information content (AvgIpc) is 2.72. The second-order valence-corrected chi connectivity index (χ2v) is 5.47. The van der Waals surface area contributed by atoms with Gasteiger partial charge in [0, 0.05) is 30.7 Å². The van der Waals surface area contributed by atoms with E-state index >= 15 is 0 Å². The maximum absolute atomic E-state index is 4.38. The molecule has 2 aromatic heterocycles. The summed E-state index contributed by atoms with van der Waals surface area (Å²) in [7, 11) is 0. The van der Waals surface area contributed by atoms with Gasteiger partial charge in [0.05, 0.1) is 0 Å². The number of nitrogens with zero attached hydrogens (tertiary/aromatic N) is 3. The van der Waals surface area contributed by atoms with Crippen LogP contribution in [0.2, 0.25) is 0 Å². The van der Waals surface area contributed by atoms with Gasteiger partial charge in [-0.05, 0) is 45.4 Å². The van der Waals surface area contributed by atoms with E-state index in [4.69, 9.17) is 0 Å². The van der Waals surface area contributed by atoms with Crippen molar-refractivity contribution in [2.75, 3.05) is 0 Å². The molecule has 0 bridgehead atoms. The van der Waals surface area contributed by atoms with Crippen LogP contribution in [0.15, 0.2) is 30.7 Å². The Kier molecular flexibility index (Phi) is 3.48. The molecule has 18 heavy (non-hydrogen) atoms. The molecule has 0 aliphatic rings. The zero-order valence-electron chi connectivity index (χ0n) is 11.4. The second kappa shape index (κ2) is 4.90. The van der Waals surface area contributed by atoms with Crippen molar-refractivity contribution < 1.29 is 0 Å². The van der Waals surface area contributed by atoms with Gasteiger partial charge in [-0.15, -0.1) is 0 Å². The number of hydrogen-bond donors (Lipinski definition) is 1. The molecule has 0 aliphatic carbocycles. The summed E-state index contributed by atoms with van der Waals surface area (Å²) in [6.45, 7) is 9.30. The molecule has 96 valence electrons. The van der Waals surface area contributed by atoms with Crippen LogP contribution in [0.4, 0.5) is 0 Å². The molecule has 0 atom stereocenters. The fourth-order valence-electron chi connectivity index (χ4n) is 1.69. The Bertz CT molecular complexity index is 523. The van der Waals surface area contributed by atoms with E-state index in [2.05, 4.69) is 42.1 Å².